The van der Waals surface area contributed by atoms with Gasteiger partial charge in [-0.3, -0.25) is 0 Å². The number of nitrogens with zero attached hydrogens (tertiary/aromatic N) is 1. The molecule has 0 bridgehead atoms. The molecule has 0 saturated heterocycles. The van der Waals surface area contributed by atoms with Crippen LogP contribution in [0.25, 0.3) is 11.3 Å². The summed E-state index contributed by atoms with van der Waals surface area (Å²) in [6.45, 7) is 9.06. The summed E-state index contributed by atoms with van der Waals surface area (Å²) in [4.78, 5) is 0. The second-order valence-corrected chi connectivity index (χ2v) is 18.8. The van der Waals surface area contributed by atoms with Crippen LogP contribution < -0.4 is 8.96 Å². The van der Waals surface area contributed by atoms with E-state index >= 15 is 0 Å². The summed E-state index contributed by atoms with van der Waals surface area (Å²) >= 11 is -1.91. The van der Waals surface area contributed by atoms with Gasteiger partial charge in [0.2, 0.25) is 0 Å². The van der Waals surface area contributed by atoms with Gasteiger partial charge in [-0.25, -0.2) is 0 Å². The van der Waals surface area contributed by atoms with Crippen molar-refractivity contribution in [1.82, 2.24) is 0 Å². The van der Waals surface area contributed by atoms with E-state index in [2.05, 4.69) is 87.0 Å². The Balaban J connectivity index is 2.73. The fraction of sp³-hybridized carbons (Fsp3) is 0.500. The predicted octanol–water partition coefficient (Wildman–Crippen LogP) is 5.24. The Bertz CT molecular complexity index is 721. The van der Waals surface area contributed by atoms with Crippen LogP contribution in [0.4, 0.5) is 0 Å². The second-order valence-electron chi connectivity index (χ2n) is 8.22. The van der Waals surface area contributed by atoms with Crippen LogP contribution in [-0.4, -0.2) is 13.3 Å². The fourth-order valence-corrected chi connectivity index (χ4v) is 7.34. The molecular weight excluding hydrogens is 351 g/mol. The number of pyridine rings is 1. The third-order valence-electron chi connectivity index (χ3n) is 5.20. The molecule has 0 spiro atoms. The van der Waals surface area contributed by atoms with Crippen LogP contribution in [0.3, 0.4) is 0 Å². The summed E-state index contributed by atoms with van der Waals surface area (Å²) in [5.41, 5.74) is 7.03. The van der Waals surface area contributed by atoms with E-state index in [4.69, 9.17) is 0 Å². The Morgan fingerprint density at radius 1 is 1.00 bits per heavy atom. The number of rotatable bonds is 5. The average Bonchev–Trinajstić information content (AvgIpc) is 2.49. The summed E-state index contributed by atoms with van der Waals surface area (Å²) in [7, 11) is 2.21. The van der Waals surface area contributed by atoms with Crippen molar-refractivity contribution < 1.29 is 4.57 Å². The number of aromatic nitrogens is 1. The van der Waals surface area contributed by atoms with Gasteiger partial charge in [0, 0.05) is 0 Å². The first-order chi connectivity index (χ1) is 11.2. The van der Waals surface area contributed by atoms with E-state index in [1.54, 1.807) is 9.96 Å². The van der Waals surface area contributed by atoms with E-state index in [0.717, 1.165) is 0 Å². The molecule has 0 saturated carbocycles. The van der Waals surface area contributed by atoms with E-state index in [9.17, 15) is 0 Å². The Hall–Kier alpha value is -1.09. The molecule has 0 aliphatic carbocycles. The summed E-state index contributed by atoms with van der Waals surface area (Å²) in [5.74, 6) is 8.21. The van der Waals surface area contributed by atoms with E-state index in [-0.39, 0.29) is 0 Å². The molecule has 1 aromatic heterocycles. The van der Waals surface area contributed by atoms with Gasteiger partial charge in [0.25, 0.3) is 0 Å². The van der Waals surface area contributed by atoms with Crippen LogP contribution in [-0.2, 0) is 7.05 Å². The summed E-state index contributed by atoms with van der Waals surface area (Å²) in [5, 5.41) is 0. The minimum absolute atomic E-state index is 0.676. The summed E-state index contributed by atoms with van der Waals surface area (Å²) in [6, 6.07) is 9.31. The van der Waals surface area contributed by atoms with Crippen molar-refractivity contribution in [3.8, 4) is 11.3 Å². The van der Waals surface area contributed by atoms with Gasteiger partial charge in [0.15, 0.2) is 0 Å². The second kappa shape index (κ2) is 7.43. The Labute approximate surface area is 151 Å². The first kappa shape index (κ1) is 19.2. The fourth-order valence-electron chi connectivity index (χ4n) is 3.73. The van der Waals surface area contributed by atoms with Crippen molar-refractivity contribution in [3.05, 3.63) is 47.2 Å². The molecule has 24 heavy (non-hydrogen) atoms. The van der Waals surface area contributed by atoms with Crippen LogP contribution in [0.2, 0.25) is 17.3 Å². The maximum absolute atomic E-state index is 2.51. The molecule has 0 unspecified atom stereocenters. The Morgan fingerprint density at radius 2 is 1.62 bits per heavy atom. The minimum atomic E-state index is -1.91. The Kier molecular flexibility index (Phi) is 5.96. The molecule has 0 N–H and O–H groups in total. The standard InChI is InChI=1S/C22H34GeN/c1-9-18(10-2)20-14-22(19-12-11-16(3)13-17(19)4)24(8)15-21(20)23(5,6)7/h11-15,18H,9-10H2,1-8H3/q+1. The first-order valence-electron chi connectivity index (χ1n) is 9.30. The molecule has 0 amide bonds. The van der Waals surface area contributed by atoms with Crippen LogP contribution in [0.15, 0.2) is 30.5 Å². The molecule has 130 valence electrons. The van der Waals surface area contributed by atoms with Crippen molar-refractivity contribution in [2.45, 2.75) is 63.7 Å². The first-order valence-corrected chi connectivity index (χ1v) is 16.6. The number of hydrogen-bond donors (Lipinski definition) is 0. The van der Waals surface area contributed by atoms with E-state index < -0.39 is 13.3 Å². The summed E-state index contributed by atoms with van der Waals surface area (Å²) in [6.07, 6.45) is 4.89. The van der Waals surface area contributed by atoms with Crippen molar-refractivity contribution in [3.63, 3.8) is 0 Å². The van der Waals surface area contributed by atoms with Gasteiger partial charge in [-0.1, -0.05) is 0 Å². The topological polar surface area (TPSA) is 3.88 Å². The van der Waals surface area contributed by atoms with Crippen molar-refractivity contribution in [2.75, 3.05) is 0 Å². The number of hydrogen-bond acceptors (Lipinski definition) is 0. The Morgan fingerprint density at radius 3 is 2.12 bits per heavy atom. The zero-order valence-corrected chi connectivity index (χ0v) is 18.9. The van der Waals surface area contributed by atoms with Crippen molar-refractivity contribution >= 4 is 17.7 Å². The molecule has 0 atom stereocenters. The third-order valence-corrected chi connectivity index (χ3v) is 9.46. The quantitative estimate of drug-likeness (QED) is 0.490. The average molecular weight is 385 g/mol. The third kappa shape index (κ3) is 3.93. The predicted molar refractivity (Wildman–Crippen MR) is 109 cm³/mol. The van der Waals surface area contributed by atoms with E-state index in [1.807, 2.05) is 0 Å². The SMILES string of the molecule is CCC(CC)c1cc(-c2ccc(C)cc2C)[n+](C)c[c]1[Ge]([CH3])([CH3])[CH3]. The molecular formula is C22H34GeN+. The molecule has 2 rings (SSSR count). The van der Waals surface area contributed by atoms with Gasteiger partial charge >= 0.3 is 151 Å². The maximum atomic E-state index is 2.51. The van der Waals surface area contributed by atoms with Gasteiger partial charge in [-0.15, -0.1) is 0 Å². The van der Waals surface area contributed by atoms with Crippen molar-refractivity contribution in [2.24, 2.45) is 7.05 Å². The van der Waals surface area contributed by atoms with Crippen LogP contribution in [0.5, 0.6) is 0 Å². The molecule has 1 heterocycles. The van der Waals surface area contributed by atoms with Crippen LogP contribution in [0.1, 0.15) is 49.3 Å². The van der Waals surface area contributed by atoms with Gasteiger partial charge in [0.1, 0.15) is 0 Å². The molecule has 2 heteroatoms. The van der Waals surface area contributed by atoms with E-state index in [1.165, 1.54) is 35.2 Å². The molecule has 1 aromatic carbocycles. The monoisotopic (exact) mass is 386 g/mol. The molecule has 2 aromatic rings. The van der Waals surface area contributed by atoms with Gasteiger partial charge in [-0.05, 0) is 0 Å². The molecule has 0 fully saturated rings. The van der Waals surface area contributed by atoms with Gasteiger partial charge in [-0.2, -0.15) is 0 Å². The normalized spacial score (nSPS) is 12.0. The van der Waals surface area contributed by atoms with Crippen molar-refractivity contribution in [1.29, 1.82) is 0 Å². The zero-order valence-electron chi connectivity index (χ0n) is 16.8. The number of benzene rings is 1. The molecule has 0 radical (unpaired) electrons. The van der Waals surface area contributed by atoms with Gasteiger partial charge < -0.3 is 0 Å². The summed E-state index contributed by atoms with van der Waals surface area (Å²) < 4.78 is 4.02. The number of aryl methyl sites for hydroxylation is 3. The zero-order chi connectivity index (χ0) is 18.1. The molecule has 0 aliphatic rings. The van der Waals surface area contributed by atoms with Crippen LogP contribution in [0, 0.1) is 13.8 Å². The van der Waals surface area contributed by atoms with E-state index in [0.29, 0.717) is 5.92 Å². The molecule has 0 aliphatic heterocycles. The van der Waals surface area contributed by atoms with Gasteiger partial charge in [0.05, 0.1) is 0 Å². The molecule has 1 nitrogen and oxygen atoms in total. The van der Waals surface area contributed by atoms with Crippen LogP contribution >= 0.6 is 0 Å².